The minimum Gasteiger partial charge on any atom is -0.326 e. The molecule has 2 aromatic carbocycles. The van der Waals surface area contributed by atoms with Crippen molar-refractivity contribution >= 4 is 33.2 Å². The summed E-state index contributed by atoms with van der Waals surface area (Å²) in [5.74, 6) is -0.262. The predicted octanol–water partition coefficient (Wildman–Crippen LogP) is 3.75. The lowest BCUT2D eigenvalue weighted by atomic mass is 10.1. The summed E-state index contributed by atoms with van der Waals surface area (Å²) in [6.45, 7) is 4.20. The van der Waals surface area contributed by atoms with Crippen LogP contribution in [0.2, 0.25) is 5.02 Å². The molecular weight excluding hydrogens is 372 g/mol. The van der Waals surface area contributed by atoms with Crippen LogP contribution in [0.1, 0.15) is 23.1 Å². The molecule has 140 valence electrons. The van der Waals surface area contributed by atoms with E-state index in [1.807, 2.05) is 44.2 Å². The molecule has 0 spiro atoms. The van der Waals surface area contributed by atoms with E-state index in [2.05, 4.69) is 5.32 Å². The van der Waals surface area contributed by atoms with Gasteiger partial charge in [0, 0.05) is 30.2 Å². The number of carbonyl (C=O) groups is 1. The van der Waals surface area contributed by atoms with Gasteiger partial charge in [-0.05, 0) is 37.1 Å². The number of aryl methyl sites for hydroxylation is 2. The van der Waals surface area contributed by atoms with Crippen molar-refractivity contribution in [3.05, 3.63) is 64.2 Å². The summed E-state index contributed by atoms with van der Waals surface area (Å²) >= 11 is 6.05. The van der Waals surface area contributed by atoms with E-state index in [1.165, 1.54) is 4.31 Å². The van der Waals surface area contributed by atoms with Crippen LogP contribution in [0.15, 0.2) is 42.5 Å². The van der Waals surface area contributed by atoms with Crippen LogP contribution in [0, 0.1) is 13.8 Å². The molecule has 1 amide bonds. The van der Waals surface area contributed by atoms with Crippen molar-refractivity contribution in [3.63, 3.8) is 0 Å². The van der Waals surface area contributed by atoms with Crippen molar-refractivity contribution < 1.29 is 13.2 Å². The summed E-state index contributed by atoms with van der Waals surface area (Å²) in [4.78, 5) is 12.2. The fourth-order valence-corrected chi connectivity index (χ4v) is 3.37. The van der Waals surface area contributed by atoms with E-state index in [9.17, 15) is 13.2 Å². The molecule has 2 aromatic rings. The van der Waals surface area contributed by atoms with E-state index in [-0.39, 0.29) is 25.4 Å². The molecule has 0 aliphatic heterocycles. The third-order valence-corrected chi connectivity index (χ3v) is 5.65. The van der Waals surface area contributed by atoms with Crippen molar-refractivity contribution in [2.24, 2.45) is 0 Å². The van der Waals surface area contributed by atoms with Gasteiger partial charge in [-0.15, -0.1) is 0 Å². The van der Waals surface area contributed by atoms with E-state index in [0.29, 0.717) is 10.7 Å². The lowest BCUT2D eigenvalue weighted by Crippen LogP contribution is -2.32. The minimum atomic E-state index is -3.42. The maximum Gasteiger partial charge on any atom is 0.225 e. The van der Waals surface area contributed by atoms with Crippen LogP contribution in [0.5, 0.6) is 0 Å². The van der Waals surface area contributed by atoms with Crippen molar-refractivity contribution in [2.45, 2.75) is 26.8 Å². The second kappa shape index (κ2) is 8.66. The molecule has 0 atom stereocenters. The molecule has 5 nitrogen and oxygen atoms in total. The Kier molecular flexibility index (Phi) is 6.81. The summed E-state index contributed by atoms with van der Waals surface area (Å²) < 4.78 is 25.4. The number of hydrogen-bond donors (Lipinski definition) is 1. The first kappa shape index (κ1) is 20.4. The lowest BCUT2D eigenvalue weighted by Gasteiger charge is -2.20. The summed E-state index contributed by atoms with van der Waals surface area (Å²) in [6, 6.07) is 12.9. The van der Waals surface area contributed by atoms with Crippen LogP contribution in [0.4, 0.5) is 5.69 Å². The summed E-state index contributed by atoms with van der Waals surface area (Å²) in [5, 5.41) is 3.31. The van der Waals surface area contributed by atoms with Gasteiger partial charge < -0.3 is 5.32 Å². The molecule has 0 unspecified atom stereocenters. The normalized spacial score (nSPS) is 11.6. The number of sulfonamides is 1. The van der Waals surface area contributed by atoms with Gasteiger partial charge in [0.25, 0.3) is 0 Å². The Morgan fingerprint density at radius 2 is 1.77 bits per heavy atom. The molecule has 0 radical (unpaired) electrons. The van der Waals surface area contributed by atoms with E-state index < -0.39 is 10.0 Å². The second-order valence-electron chi connectivity index (χ2n) is 6.34. The zero-order valence-electron chi connectivity index (χ0n) is 15.1. The first-order chi connectivity index (χ1) is 12.1. The van der Waals surface area contributed by atoms with Crippen LogP contribution in [-0.4, -0.2) is 31.4 Å². The summed E-state index contributed by atoms with van der Waals surface area (Å²) in [7, 11) is -3.42. The van der Waals surface area contributed by atoms with Gasteiger partial charge in [-0.2, -0.15) is 4.31 Å². The number of halogens is 1. The highest BCUT2D eigenvalue weighted by Gasteiger charge is 2.18. The summed E-state index contributed by atoms with van der Waals surface area (Å²) in [5.41, 5.74) is 3.50. The van der Waals surface area contributed by atoms with Gasteiger partial charge >= 0.3 is 0 Å². The van der Waals surface area contributed by atoms with Crippen LogP contribution >= 0.6 is 11.6 Å². The number of nitrogens with zero attached hydrogens (tertiary/aromatic N) is 1. The zero-order valence-corrected chi connectivity index (χ0v) is 16.7. The average molecular weight is 395 g/mol. The molecule has 0 fully saturated rings. The fraction of sp³-hybridized carbons (Fsp3) is 0.316. The molecule has 7 heteroatoms. The molecule has 0 bridgehead atoms. The first-order valence-electron chi connectivity index (χ1n) is 8.22. The van der Waals surface area contributed by atoms with Crippen LogP contribution < -0.4 is 5.32 Å². The standard InChI is InChI=1S/C19H23ClN2O3S/c1-14-4-7-16(8-5-14)13-22(26(3,24)25)11-10-19(23)21-17-9-6-15(2)18(20)12-17/h4-9,12H,10-11,13H2,1-3H3,(H,21,23). The highest BCUT2D eigenvalue weighted by Crippen LogP contribution is 2.20. The van der Waals surface area contributed by atoms with Crippen LogP contribution in [0.3, 0.4) is 0 Å². The number of nitrogens with one attached hydrogen (secondary N) is 1. The highest BCUT2D eigenvalue weighted by atomic mass is 35.5. The Labute approximate surface area is 160 Å². The zero-order chi connectivity index (χ0) is 19.3. The molecule has 0 aromatic heterocycles. The van der Waals surface area contributed by atoms with Gasteiger partial charge in [0.1, 0.15) is 0 Å². The average Bonchev–Trinajstić information content (AvgIpc) is 2.55. The van der Waals surface area contributed by atoms with Crippen LogP contribution in [-0.2, 0) is 21.4 Å². The fourth-order valence-electron chi connectivity index (χ4n) is 2.38. The molecule has 0 saturated heterocycles. The number of rotatable bonds is 7. The molecule has 0 aliphatic rings. The topological polar surface area (TPSA) is 66.5 Å². The number of hydrogen-bond acceptors (Lipinski definition) is 3. The highest BCUT2D eigenvalue weighted by molar-refractivity contribution is 7.88. The van der Waals surface area contributed by atoms with Crippen molar-refractivity contribution in [2.75, 3.05) is 18.1 Å². The third-order valence-electron chi connectivity index (χ3n) is 3.99. The van der Waals surface area contributed by atoms with E-state index in [1.54, 1.807) is 12.1 Å². The van der Waals surface area contributed by atoms with Gasteiger partial charge in [0.05, 0.1) is 6.26 Å². The van der Waals surface area contributed by atoms with E-state index in [0.717, 1.165) is 22.9 Å². The quantitative estimate of drug-likeness (QED) is 0.777. The Balaban J connectivity index is 1.98. The third kappa shape index (κ3) is 6.12. The van der Waals surface area contributed by atoms with E-state index >= 15 is 0 Å². The van der Waals surface area contributed by atoms with Gasteiger partial charge in [-0.3, -0.25) is 4.79 Å². The predicted molar refractivity (Wildman–Crippen MR) is 106 cm³/mol. The molecular formula is C19H23ClN2O3S. The SMILES string of the molecule is Cc1ccc(CN(CCC(=O)Nc2ccc(C)c(Cl)c2)S(C)(=O)=O)cc1. The molecule has 0 saturated carbocycles. The molecule has 0 aliphatic carbocycles. The van der Waals surface area contributed by atoms with Gasteiger partial charge in [-0.1, -0.05) is 47.5 Å². The van der Waals surface area contributed by atoms with Crippen molar-refractivity contribution in [3.8, 4) is 0 Å². The number of anilines is 1. The van der Waals surface area contributed by atoms with Crippen LogP contribution in [0.25, 0.3) is 0 Å². The largest absolute Gasteiger partial charge is 0.326 e. The first-order valence-corrected chi connectivity index (χ1v) is 10.4. The van der Waals surface area contributed by atoms with Gasteiger partial charge in [0.2, 0.25) is 15.9 Å². The smallest absolute Gasteiger partial charge is 0.225 e. The number of carbonyl (C=O) groups excluding carboxylic acids is 1. The summed E-state index contributed by atoms with van der Waals surface area (Å²) in [6.07, 6.45) is 1.21. The van der Waals surface area contributed by atoms with Gasteiger partial charge in [-0.25, -0.2) is 8.42 Å². The lowest BCUT2D eigenvalue weighted by molar-refractivity contribution is -0.116. The molecule has 2 rings (SSSR count). The molecule has 26 heavy (non-hydrogen) atoms. The van der Waals surface area contributed by atoms with Crippen molar-refractivity contribution in [1.29, 1.82) is 0 Å². The maximum absolute atomic E-state index is 12.2. The Morgan fingerprint density at radius 3 is 2.35 bits per heavy atom. The van der Waals surface area contributed by atoms with Gasteiger partial charge in [0.15, 0.2) is 0 Å². The maximum atomic E-state index is 12.2. The Bertz CT molecular complexity index is 880. The van der Waals surface area contributed by atoms with Crippen molar-refractivity contribution in [1.82, 2.24) is 4.31 Å². The van der Waals surface area contributed by atoms with E-state index in [4.69, 9.17) is 11.6 Å². The second-order valence-corrected chi connectivity index (χ2v) is 8.73. The molecule has 0 heterocycles. The Morgan fingerprint density at radius 1 is 1.12 bits per heavy atom. The monoisotopic (exact) mass is 394 g/mol. The number of amides is 1. The number of benzene rings is 2. The molecule has 1 N–H and O–H groups in total. The Hall–Kier alpha value is -1.89. The minimum absolute atomic E-state index is 0.0599.